The molecule has 0 aliphatic carbocycles. The number of rotatable bonds is 6. The van der Waals surface area contributed by atoms with Gasteiger partial charge >= 0.3 is 5.97 Å². The molecule has 0 bridgehead atoms. The van der Waals surface area contributed by atoms with Crippen LogP contribution >= 0.6 is 11.6 Å². The van der Waals surface area contributed by atoms with Crippen LogP contribution in [0.4, 0.5) is 5.69 Å². The summed E-state index contributed by atoms with van der Waals surface area (Å²) in [7, 11) is 1.50. The summed E-state index contributed by atoms with van der Waals surface area (Å²) in [5.74, 6) is 0.688. The molecular weight excluding hydrogens is 374 g/mol. The van der Waals surface area contributed by atoms with Gasteiger partial charge in [0.1, 0.15) is 19.0 Å². The van der Waals surface area contributed by atoms with Crippen molar-refractivity contribution in [3.8, 4) is 17.2 Å². The molecule has 2 aromatic rings. The summed E-state index contributed by atoms with van der Waals surface area (Å²) in [6, 6.07) is 10.0. The molecule has 142 valence electrons. The highest BCUT2D eigenvalue weighted by atomic mass is 35.5. The Hall–Kier alpha value is -2.93. The maximum Gasteiger partial charge on any atom is 0.310 e. The average molecular weight is 392 g/mol. The average Bonchev–Trinajstić information content (AvgIpc) is 2.66. The van der Waals surface area contributed by atoms with E-state index in [1.165, 1.54) is 7.11 Å². The van der Waals surface area contributed by atoms with Gasteiger partial charge in [0.2, 0.25) is 0 Å². The highest BCUT2D eigenvalue weighted by molar-refractivity contribution is 6.30. The first-order valence-corrected chi connectivity index (χ1v) is 8.60. The van der Waals surface area contributed by atoms with Crippen molar-refractivity contribution in [2.75, 3.05) is 32.2 Å². The Morgan fingerprint density at radius 1 is 1.11 bits per heavy atom. The number of halogens is 1. The van der Waals surface area contributed by atoms with Crippen LogP contribution in [0.1, 0.15) is 5.56 Å². The highest BCUT2D eigenvalue weighted by Crippen LogP contribution is 2.32. The number of benzene rings is 2. The number of esters is 1. The number of carbonyl (C=O) groups is 2. The minimum absolute atomic E-state index is 0.0545. The van der Waals surface area contributed by atoms with Crippen LogP contribution in [-0.4, -0.2) is 38.8 Å². The second-order valence-corrected chi connectivity index (χ2v) is 6.14. The standard InChI is InChI=1S/C19H18ClNO6/c1-24-15-4-2-13(20)8-12(15)9-19(23)27-11-18(22)21-14-3-5-16-17(10-14)26-7-6-25-16/h2-5,8,10H,6-7,9,11H2,1H3,(H,21,22). The molecular formula is C19H18ClNO6. The number of ether oxygens (including phenoxy) is 4. The SMILES string of the molecule is COc1ccc(Cl)cc1CC(=O)OCC(=O)Nc1ccc2c(c1)OCCO2. The number of methoxy groups -OCH3 is 1. The van der Waals surface area contributed by atoms with E-state index in [1.807, 2.05) is 0 Å². The third-order valence-electron chi connectivity index (χ3n) is 3.77. The van der Waals surface area contributed by atoms with Gasteiger partial charge in [0.25, 0.3) is 5.91 Å². The van der Waals surface area contributed by atoms with Crippen molar-refractivity contribution in [3.63, 3.8) is 0 Å². The highest BCUT2D eigenvalue weighted by Gasteiger charge is 2.15. The van der Waals surface area contributed by atoms with Crippen molar-refractivity contribution in [2.24, 2.45) is 0 Å². The van der Waals surface area contributed by atoms with Gasteiger partial charge in [-0.3, -0.25) is 9.59 Å². The molecule has 0 saturated heterocycles. The molecule has 0 atom stereocenters. The van der Waals surface area contributed by atoms with E-state index in [9.17, 15) is 9.59 Å². The van der Waals surface area contributed by atoms with Crippen LogP contribution in [0.2, 0.25) is 5.02 Å². The molecule has 1 aliphatic rings. The maximum atomic E-state index is 12.0. The lowest BCUT2D eigenvalue weighted by Crippen LogP contribution is -2.22. The molecule has 8 heteroatoms. The number of nitrogens with one attached hydrogen (secondary N) is 1. The van der Waals surface area contributed by atoms with E-state index in [2.05, 4.69) is 5.32 Å². The quantitative estimate of drug-likeness (QED) is 0.762. The van der Waals surface area contributed by atoms with Crippen LogP contribution in [-0.2, 0) is 20.7 Å². The van der Waals surface area contributed by atoms with E-state index in [0.29, 0.717) is 46.7 Å². The lowest BCUT2D eigenvalue weighted by molar-refractivity contribution is -0.146. The molecule has 0 aromatic heterocycles. The summed E-state index contributed by atoms with van der Waals surface area (Å²) in [6.45, 7) is 0.539. The second-order valence-electron chi connectivity index (χ2n) is 5.70. The summed E-state index contributed by atoms with van der Waals surface area (Å²) in [5, 5.41) is 3.13. The third kappa shape index (κ3) is 5.04. The van der Waals surface area contributed by atoms with Crippen molar-refractivity contribution < 1.29 is 28.5 Å². The van der Waals surface area contributed by atoms with E-state index >= 15 is 0 Å². The molecule has 1 amide bonds. The molecule has 1 heterocycles. The number of amides is 1. The summed E-state index contributed by atoms with van der Waals surface area (Å²) in [6.07, 6.45) is -0.0545. The molecule has 0 spiro atoms. The summed E-state index contributed by atoms with van der Waals surface area (Å²) in [4.78, 5) is 24.0. The molecule has 0 radical (unpaired) electrons. The molecule has 3 rings (SSSR count). The molecule has 1 aliphatic heterocycles. The van der Waals surface area contributed by atoms with Crippen molar-refractivity contribution in [1.29, 1.82) is 0 Å². The molecule has 0 saturated carbocycles. The number of hydrogen-bond acceptors (Lipinski definition) is 6. The van der Waals surface area contributed by atoms with Gasteiger partial charge in [-0.1, -0.05) is 11.6 Å². The fraction of sp³-hybridized carbons (Fsp3) is 0.263. The first kappa shape index (κ1) is 18.8. The van der Waals surface area contributed by atoms with Gasteiger partial charge in [-0.15, -0.1) is 0 Å². The smallest absolute Gasteiger partial charge is 0.310 e. The van der Waals surface area contributed by atoms with E-state index in [-0.39, 0.29) is 6.42 Å². The van der Waals surface area contributed by atoms with Crippen LogP contribution in [0.15, 0.2) is 36.4 Å². The first-order valence-electron chi connectivity index (χ1n) is 8.22. The monoisotopic (exact) mass is 391 g/mol. The fourth-order valence-electron chi connectivity index (χ4n) is 2.56. The summed E-state index contributed by atoms with van der Waals surface area (Å²) in [5.41, 5.74) is 1.11. The van der Waals surface area contributed by atoms with Gasteiger partial charge in [-0.2, -0.15) is 0 Å². The Labute approximate surface area is 161 Å². The van der Waals surface area contributed by atoms with Gasteiger partial charge in [0.05, 0.1) is 13.5 Å². The molecule has 7 nitrogen and oxygen atoms in total. The Morgan fingerprint density at radius 2 is 1.89 bits per heavy atom. The zero-order valence-electron chi connectivity index (χ0n) is 14.6. The number of anilines is 1. The van der Waals surface area contributed by atoms with Gasteiger partial charge < -0.3 is 24.3 Å². The zero-order valence-corrected chi connectivity index (χ0v) is 15.4. The summed E-state index contributed by atoms with van der Waals surface area (Å²) < 4.78 is 21.1. The Morgan fingerprint density at radius 3 is 2.67 bits per heavy atom. The van der Waals surface area contributed by atoms with Crippen molar-refractivity contribution in [3.05, 3.63) is 47.0 Å². The van der Waals surface area contributed by atoms with Crippen LogP contribution in [0.25, 0.3) is 0 Å². The molecule has 0 fully saturated rings. The van der Waals surface area contributed by atoms with Crippen LogP contribution in [0, 0.1) is 0 Å². The zero-order chi connectivity index (χ0) is 19.2. The van der Waals surface area contributed by atoms with Crippen molar-refractivity contribution in [1.82, 2.24) is 0 Å². The Balaban J connectivity index is 1.52. The second kappa shape index (κ2) is 8.64. The molecule has 2 aromatic carbocycles. The Kier molecular flexibility index (Phi) is 6.03. The number of fused-ring (bicyclic) bond motifs is 1. The number of carbonyl (C=O) groups excluding carboxylic acids is 2. The van der Waals surface area contributed by atoms with E-state index in [1.54, 1.807) is 36.4 Å². The van der Waals surface area contributed by atoms with E-state index in [4.69, 9.17) is 30.5 Å². The maximum absolute atomic E-state index is 12.0. The predicted octanol–water partition coefficient (Wildman–Crippen LogP) is 2.84. The van der Waals surface area contributed by atoms with Gasteiger partial charge in [0.15, 0.2) is 18.1 Å². The van der Waals surface area contributed by atoms with Crippen LogP contribution in [0.3, 0.4) is 0 Å². The van der Waals surface area contributed by atoms with Gasteiger partial charge in [-0.05, 0) is 30.3 Å². The minimum Gasteiger partial charge on any atom is -0.496 e. The predicted molar refractivity (Wildman–Crippen MR) is 98.7 cm³/mol. The first-order chi connectivity index (χ1) is 13.0. The lowest BCUT2D eigenvalue weighted by Gasteiger charge is -2.19. The topological polar surface area (TPSA) is 83.1 Å². The van der Waals surface area contributed by atoms with Crippen LogP contribution in [0.5, 0.6) is 17.2 Å². The molecule has 1 N–H and O–H groups in total. The molecule has 27 heavy (non-hydrogen) atoms. The third-order valence-corrected chi connectivity index (χ3v) is 4.00. The summed E-state index contributed by atoms with van der Waals surface area (Å²) >= 11 is 5.93. The molecule has 0 unspecified atom stereocenters. The minimum atomic E-state index is -0.562. The van der Waals surface area contributed by atoms with Crippen molar-refractivity contribution in [2.45, 2.75) is 6.42 Å². The largest absolute Gasteiger partial charge is 0.496 e. The van der Waals surface area contributed by atoms with Crippen LogP contribution < -0.4 is 19.5 Å². The fourth-order valence-corrected chi connectivity index (χ4v) is 2.75. The normalized spacial score (nSPS) is 12.2. The number of hydrogen-bond donors (Lipinski definition) is 1. The van der Waals surface area contributed by atoms with E-state index < -0.39 is 18.5 Å². The van der Waals surface area contributed by atoms with E-state index in [0.717, 1.165) is 0 Å². The van der Waals surface area contributed by atoms with Crippen molar-refractivity contribution >= 4 is 29.2 Å². The van der Waals surface area contributed by atoms with Gasteiger partial charge in [-0.25, -0.2) is 0 Å². The Bertz CT molecular complexity index is 854. The lowest BCUT2D eigenvalue weighted by atomic mass is 10.1. The van der Waals surface area contributed by atoms with Gasteiger partial charge in [0, 0.05) is 22.3 Å².